The predicted octanol–water partition coefficient (Wildman–Crippen LogP) is 5.91. The fourth-order valence-corrected chi connectivity index (χ4v) is 20.4. The van der Waals surface area contributed by atoms with E-state index in [1.165, 1.54) is 55.4 Å². The zero-order valence-corrected chi connectivity index (χ0v) is 16.7. The molecule has 0 aliphatic carbocycles. The number of allylic oxidation sites excluding steroid dienone is 2. The van der Waals surface area contributed by atoms with Gasteiger partial charge in [0.15, 0.2) is 0 Å². The first kappa shape index (κ1) is 19.2. The normalized spacial score (nSPS) is 12.8. The molecule has 0 aliphatic heterocycles. The molecule has 2 heteroatoms. The Morgan fingerprint density at radius 1 is 0.895 bits per heavy atom. The quantitative estimate of drug-likeness (QED) is 0.325. The molecule has 0 rings (SSSR count). The first-order valence-corrected chi connectivity index (χ1v) is 15.7. The van der Waals surface area contributed by atoms with E-state index in [1.54, 1.807) is 6.92 Å². The summed E-state index contributed by atoms with van der Waals surface area (Å²) in [4.78, 5) is 12.1. The molecular weight excluding hydrogens is 339 g/mol. The van der Waals surface area contributed by atoms with Gasteiger partial charge in [0.2, 0.25) is 0 Å². The van der Waals surface area contributed by atoms with Crippen LogP contribution in [0.1, 0.15) is 73.1 Å². The van der Waals surface area contributed by atoms with Crippen LogP contribution in [0.5, 0.6) is 0 Å². The number of Topliss-reactive ketones (excluding diaryl/α,β-unsaturated/α-hetero) is 1. The fourth-order valence-electron chi connectivity index (χ4n) is 3.21. The summed E-state index contributed by atoms with van der Waals surface area (Å²) in [5.41, 5.74) is 0. The number of ketones is 1. The third kappa shape index (κ3) is 6.46. The Balaban J connectivity index is 5.23. The SMILES string of the molecule is C/C=[C](/C(C)=O)[Sn]([CH2]CCC)([CH2]CCC)[CH2]CCC. The van der Waals surface area contributed by atoms with Crippen LogP contribution in [-0.4, -0.2) is 24.2 Å². The molecule has 0 aromatic carbocycles. The monoisotopic (exact) mass is 374 g/mol. The number of carbonyl (C=O) groups is 1. The summed E-state index contributed by atoms with van der Waals surface area (Å²) in [5.74, 6) is 0.376. The van der Waals surface area contributed by atoms with Gasteiger partial charge in [-0.15, -0.1) is 0 Å². The molecule has 0 atom stereocenters. The van der Waals surface area contributed by atoms with Gasteiger partial charge < -0.3 is 0 Å². The zero-order chi connectivity index (χ0) is 14.7. The molecule has 0 saturated carbocycles. The molecule has 1 nitrogen and oxygen atoms in total. The molecule has 0 spiro atoms. The van der Waals surface area contributed by atoms with E-state index in [0.717, 1.165) is 0 Å². The van der Waals surface area contributed by atoms with Gasteiger partial charge in [0.05, 0.1) is 0 Å². The van der Waals surface area contributed by atoms with Crippen molar-refractivity contribution in [2.45, 2.75) is 86.5 Å². The van der Waals surface area contributed by atoms with Crippen LogP contribution in [0.3, 0.4) is 0 Å². The predicted molar refractivity (Wildman–Crippen MR) is 89.3 cm³/mol. The first-order valence-electron chi connectivity index (χ1n) is 8.25. The van der Waals surface area contributed by atoms with Crippen LogP contribution >= 0.6 is 0 Å². The van der Waals surface area contributed by atoms with Gasteiger partial charge in [-0.2, -0.15) is 0 Å². The average Bonchev–Trinajstić information content (AvgIpc) is 2.40. The Kier molecular flexibility index (Phi) is 11.1. The summed E-state index contributed by atoms with van der Waals surface area (Å²) < 4.78 is 5.49. The molecule has 19 heavy (non-hydrogen) atoms. The van der Waals surface area contributed by atoms with Crippen LogP contribution in [-0.2, 0) is 4.79 Å². The number of hydrogen-bond acceptors (Lipinski definition) is 1. The van der Waals surface area contributed by atoms with Gasteiger partial charge in [0.25, 0.3) is 0 Å². The summed E-state index contributed by atoms with van der Waals surface area (Å²) >= 11 is -2.41. The summed E-state index contributed by atoms with van der Waals surface area (Å²) in [6.07, 6.45) is 9.97. The van der Waals surface area contributed by atoms with Gasteiger partial charge in [-0.05, 0) is 0 Å². The molecule has 0 aliphatic rings. The molecular formula is C17H34OSn. The van der Waals surface area contributed by atoms with Gasteiger partial charge >= 0.3 is 125 Å². The summed E-state index contributed by atoms with van der Waals surface area (Å²) in [6.45, 7) is 10.7. The van der Waals surface area contributed by atoms with E-state index in [-0.39, 0.29) is 0 Å². The Labute approximate surface area is 125 Å². The second-order valence-electron chi connectivity index (χ2n) is 5.85. The third-order valence-electron chi connectivity index (χ3n) is 4.27. The van der Waals surface area contributed by atoms with Crippen molar-refractivity contribution in [2.75, 3.05) is 0 Å². The van der Waals surface area contributed by atoms with Gasteiger partial charge in [-0.1, -0.05) is 0 Å². The molecule has 0 aromatic rings. The molecule has 0 heterocycles. The number of unbranched alkanes of at least 4 members (excludes halogenated alkanes) is 3. The van der Waals surface area contributed by atoms with E-state index in [0.29, 0.717) is 5.78 Å². The number of rotatable bonds is 11. The Morgan fingerprint density at radius 2 is 1.26 bits per heavy atom. The van der Waals surface area contributed by atoms with E-state index in [2.05, 4.69) is 33.8 Å². The topological polar surface area (TPSA) is 17.1 Å². The molecule has 0 fully saturated rings. The minimum absolute atomic E-state index is 0.376. The summed E-state index contributed by atoms with van der Waals surface area (Å²) in [7, 11) is 0. The van der Waals surface area contributed by atoms with Crippen molar-refractivity contribution in [3.8, 4) is 0 Å². The molecule has 0 aromatic heterocycles. The van der Waals surface area contributed by atoms with Crippen molar-refractivity contribution < 1.29 is 4.79 Å². The molecule has 0 saturated heterocycles. The van der Waals surface area contributed by atoms with Gasteiger partial charge in [-0.25, -0.2) is 0 Å². The van der Waals surface area contributed by atoms with Crippen LogP contribution in [0.15, 0.2) is 9.67 Å². The first-order chi connectivity index (χ1) is 9.07. The zero-order valence-electron chi connectivity index (χ0n) is 13.8. The van der Waals surface area contributed by atoms with Crippen molar-refractivity contribution in [1.29, 1.82) is 0 Å². The Hall–Kier alpha value is 0.209. The van der Waals surface area contributed by atoms with Crippen molar-refractivity contribution in [3.63, 3.8) is 0 Å². The van der Waals surface area contributed by atoms with Crippen LogP contribution < -0.4 is 0 Å². The van der Waals surface area contributed by atoms with Crippen molar-refractivity contribution >= 4 is 24.2 Å². The summed E-state index contributed by atoms with van der Waals surface area (Å²) in [5, 5.41) is 0. The van der Waals surface area contributed by atoms with Crippen LogP contribution in [0, 0.1) is 0 Å². The van der Waals surface area contributed by atoms with Gasteiger partial charge in [0, 0.05) is 0 Å². The molecule has 0 N–H and O–H groups in total. The van der Waals surface area contributed by atoms with Crippen LogP contribution in [0.2, 0.25) is 13.3 Å². The fraction of sp³-hybridized carbons (Fsp3) is 0.824. The Morgan fingerprint density at radius 3 is 1.47 bits per heavy atom. The Bertz CT molecular complexity index is 259. The number of hydrogen-bond donors (Lipinski definition) is 0. The van der Waals surface area contributed by atoms with Gasteiger partial charge in [-0.3, -0.25) is 0 Å². The maximum absolute atomic E-state index is 12.1. The van der Waals surface area contributed by atoms with E-state index in [1.807, 2.05) is 0 Å². The van der Waals surface area contributed by atoms with Gasteiger partial charge in [0.1, 0.15) is 0 Å². The van der Waals surface area contributed by atoms with Crippen molar-refractivity contribution in [1.82, 2.24) is 0 Å². The second-order valence-corrected chi connectivity index (χ2v) is 19.0. The molecule has 0 unspecified atom stereocenters. The molecule has 112 valence electrons. The van der Waals surface area contributed by atoms with Crippen LogP contribution in [0.4, 0.5) is 0 Å². The van der Waals surface area contributed by atoms with Crippen LogP contribution in [0.25, 0.3) is 0 Å². The molecule has 0 amide bonds. The maximum atomic E-state index is 12.1. The number of carbonyl (C=O) groups excluding carboxylic acids is 1. The second kappa shape index (κ2) is 10.9. The minimum atomic E-state index is -2.41. The average molecular weight is 373 g/mol. The van der Waals surface area contributed by atoms with E-state index in [9.17, 15) is 4.79 Å². The standard InChI is InChI=1S/C5H7O.3C4H9.Sn/c1-3-4-5(2)6;3*1-3-4-2;/h3H,1-2H3;3*1,3-4H2,2H3;. The van der Waals surface area contributed by atoms with Crippen molar-refractivity contribution in [2.24, 2.45) is 0 Å². The van der Waals surface area contributed by atoms with E-state index < -0.39 is 18.4 Å². The van der Waals surface area contributed by atoms with E-state index >= 15 is 0 Å². The van der Waals surface area contributed by atoms with E-state index in [4.69, 9.17) is 0 Å². The molecule has 0 bridgehead atoms. The molecule has 0 radical (unpaired) electrons. The summed E-state index contributed by atoms with van der Waals surface area (Å²) in [6, 6.07) is 0. The third-order valence-corrected chi connectivity index (χ3v) is 20.6. The van der Waals surface area contributed by atoms with Crippen molar-refractivity contribution in [3.05, 3.63) is 9.67 Å².